The van der Waals surface area contributed by atoms with Crippen LogP contribution in [0.5, 0.6) is 0 Å². The number of fused-ring (bicyclic) bond motifs is 3. The molecule has 48 heavy (non-hydrogen) atoms. The maximum absolute atomic E-state index is 3.63. The molecule has 1 nitrogen and oxygen atoms in total. The molecule has 1 aliphatic rings. The van der Waals surface area contributed by atoms with E-state index in [1.165, 1.54) is 55.6 Å². The van der Waals surface area contributed by atoms with E-state index >= 15 is 0 Å². The number of anilines is 3. The van der Waals surface area contributed by atoms with Gasteiger partial charge in [0, 0.05) is 31.4 Å². The highest BCUT2D eigenvalue weighted by Crippen LogP contribution is 2.50. The summed E-state index contributed by atoms with van der Waals surface area (Å²) in [4.78, 5) is 2.33. The maximum atomic E-state index is 3.63. The summed E-state index contributed by atoms with van der Waals surface area (Å²) in [6.45, 7) is 4.70. The Morgan fingerprint density at radius 1 is 0.375 bits per heavy atom. The van der Waals surface area contributed by atoms with Gasteiger partial charge in [-0.25, -0.2) is 0 Å². The molecule has 0 spiro atoms. The Bertz CT molecular complexity index is 2210. The molecule has 0 saturated carbocycles. The monoisotopic (exact) mass is 745 g/mol. The molecule has 3 heteroatoms. The molecule has 8 rings (SSSR count). The third kappa shape index (κ3) is 5.51. The number of rotatable bonds is 6. The van der Waals surface area contributed by atoms with Crippen LogP contribution in [0.1, 0.15) is 25.0 Å². The summed E-state index contributed by atoms with van der Waals surface area (Å²) in [6, 6.07) is 59.5. The Labute approximate surface area is 299 Å². The first-order valence-corrected chi connectivity index (χ1v) is 17.8. The molecular weight excluding hydrogens is 714 g/mol. The second-order valence-corrected chi connectivity index (χ2v) is 14.7. The van der Waals surface area contributed by atoms with Gasteiger partial charge in [-0.1, -0.05) is 143 Å². The zero-order chi connectivity index (χ0) is 32.8. The van der Waals surface area contributed by atoms with Gasteiger partial charge < -0.3 is 4.90 Å². The minimum atomic E-state index is -0.0854. The van der Waals surface area contributed by atoms with E-state index in [4.69, 9.17) is 0 Å². The molecule has 0 amide bonds. The molecule has 0 radical (unpaired) electrons. The van der Waals surface area contributed by atoms with Gasteiger partial charge in [-0.3, -0.25) is 0 Å². The quantitative estimate of drug-likeness (QED) is 0.164. The fourth-order valence-corrected chi connectivity index (χ4v) is 7.66. The van der Waals surface area contributed by atoms with Crippen molar-refractivity contribution in [1.29, 1.82) is 0 Å². The van der Waals surface area contributed by atoms with E-state index in [2.05, 4.69) is 214 Å². The lowest BCUT2D eigenvalue weighted by Crippen LogP contribution is -2.15. The number of hydrogen-bond donors (Lipinski definition) is 0. The van der Waals surface area contributed by atoms with Crippen molar-refractivity contribution in [2.45, 2.75) is 19.3 Å². The van der Waals surface area contributed by atoms with Crippen molar-refractivity contribution in [2.24, 2.45) is 0 Å². The molecule has 0 aromatic heterocycles. The van der Waals surface area contributed by atoms with Gasteiger partial charge in [0.05, 0.1) is 0 Å². The second-order valence-electron chi connectivity index (χ2n) is 12.9. The van der Waals surface area contributed by atoms with Gasteiger partial charge in [-0.15, -0.1) is 0 Å². The lowest BCUT2D eigenvalue weighted by molar-refractivity contribution is 0.660. The van der Waals surface area contributed by atoms with E-state index in [1.807, 2.05) is 0 Å². The highest BCUT2D eigenvalue weighted by Gasteiger charge is 2.35. The minimum absolute atomic E-state index is 0.0854. The predicted molar refractivity (Wildman–Crippen MR) is 210 cm³/mol. The molecule has 0 atom stereocenters. The normalized spacial score (nSPS) is 12.8. The van der Waals surface area contributed by atoms with Crippen molar-refractivity contribution >= 4 is 48.9 Å². The molecule has 7 aromatic rings. The van der Waals surface area contributed by atoms with Crippen LogP contribution in [0.25, 0.3) is 44.5 Å². The van der Waals surface area contributed by atoms with Crippen LogP contribution >= 0.6 is 31.9 Å². The van der Waals surface area contributed by atoms with Crippen molar-refractivity contribution in [3.05, 3.63) is 184 Å². The molecule has 0 aliphatic heterocycles. The first-order chi connectivity index (χ1) is 23.4. The Hall–Kier alpha value is -4.70. The molecule has 0 unspecified atom stereocenters. The molecule has 0 bridgehead atoms. The standard InChI is InChI=1S/C45H33Br2N/c1-45(2)43-11-7-6-10-40(43)41-26-16-33(28-44(41)45)42-29-38(48(36-21-17-34(46)18-22-36)37-23-19-35(47)20-24-37)25-27-39(42)32-14-12-31(13-15-32)30-8-4-3-5-9-30/h3-29H,1-2H3. The molecule has 1 aliphatic carbocycles. The van der Waals surface area contributed by atoms with Crippen LogP contribution in [0.15, 0.2) is 173 Å². The summed E-state index contributed by atoms with van der Waals surface area (Å²) in [5.41, 5.74) is 15.9. The van der Waals surface area contributed by atoms with Crippen LogP contribution in [0.2, 0.25) is 0 Å². The van der Waals surface area contributed by atoms with Gasteiger partial charge in [0.25, 0.3) is 0 Å². The third-order valence-electron chi connectivity index (χ3n) is 9.63. The molecule has 0 fully saturated rings. The molecule has 0 N–H and O–H groups in total. The number of nitrogens with zero attached hydrogens (tertiary/aromatic N) is 1. The summed E-state index contributed by atoms with van der Waals surface area (Å²) >= 11 is 7.27. The average molecular weight is 748 g/mol. The van der Waals surface area contributed by atoms with E-state index in [0.717, 1.165) is 26.0 Å². The van der Waals surface area contributed by atoms with Crippen LogP contribution in [0.4, 0.5) is 17.1 Å². The van der Waals surface area contributed by atoms with Gasteiger partial charge in [0.1, 0.15) is 0 Å². The van der Waals surface area contributed by atoms with Crippen LogP contribution in [-0.2, 0) is 5.41 Å². The number of hydrogen-bond acceptors (Lipinski definition) is 1. The summed E-state index contributed by atoms with van der Waals surface area (Å²) in [6.07, 6.45) is 0. The topological polar surface area (TPSA) is 3.24 Å². The summed E-state index contributed by atoms with van der Waals surface area (Å²) in [5, 5.41) is 0. The van der Waals surface area contributed by atoms with Gasteiger partial charge in [0.15, 0.2) is 0 Å². The first kappa shape index (κ1) is 30.6. The van der Waals surface area contributed by atoms with E-state index in [1.54, 1.807) is 0 Å². The second kappa shape index (κ2) is 12.4. The predicted octanol–water partition coefficient (Wildman–Crippen LogP) is 14.0. The Morgan fingerprint density at radius 2 is 0.875 bits per heavy atom. The Balaban J connectivity index is 1.31. The van der Waals surface area contributed by atoms with Gasteiger partial charge in [-0.05, 0) is 122 Å². The fourth-order valence-electron chi connectivity index (χ4n) is 7.13. The smallest absolute Gasteiger partial charge is 0.0468 e. The van der Waals surface area contributed by atoms with Crippen molar-refractivity contribution in [1.82, 2.24) is 0 Å². The van der Waals surface area contributed by atoms with Gasteiger partial charge in [0.2, 0.25) is 0 Å². The highest BCUT2D eigenvalue weighted by molar-refractivity contribution is 9.10. The Kier molecular flexibility index (Phi) is 7.91. The molecule has 0 heterocycles. The van der Waals surface area contributed by atoms with Gasteiger partial charge in [-0.2, -0.15) is 0 Å². The maximum Gasteiger partial charge on any atom is 0.0468 e. The molecular formula is C45H33Br2N. The van der Waals surface area contributed by atoms with E-state index < -0.39 is 0 Å². The largest absolute Gasteiger partial charge is 0.310 e. The molecule has 232 valence electrons. The number of halogens is 2. The fraction of sp³-hybridized carbons (Fsp3) is 0.0667. The first-order valence-electron chi connectivity index (χ1n) is 16.2. The highest BCUT2D eigenvalue weighted by atomic mass is 79.9. The summed E-state index contributed by atoms with van der Waals surface area (Å²) in [5.74, 6) is 0. The van der Waals surface area contributed by atoms with Crippen molar-refractivity contribution in [2.75, 3.05) is 4.90 Å². The SMILES string of the molecule is CC1(C)c2ccccc2-c2ccc(-c3cc(N(c4ccc(Br)cc4)c4ccc(Br)cc4)ccc3-c3ccc(-c4ccccc4)cc3)cc21. The number of benzene rings is 7. The zero-order valence-corrected chi connectivity index (χ0v) is 30.0. The average Bonchev–Trinajstić information content (AvgIpc) is 3.36. The summed E-state index contributed by atoms with van der Waals surface area (Å²) < 4.78 is 2.11. The van der Waals surface area contributed by atoms with Crippen molar-refractivity contribution in [3.63, 3.8) is 0 Å². The lowest BCUT2D eigenvalue weighted by atomic mass is 9.81. The Morgan fingerprint density at radius 3 is 1.54 bits per heavy atom. The van der Waals surface area contributed by atoms with Crippen molar-refractivity contribution in [3.8, 4) is 44.5 Å². The van der Waals surface area contributed by atoms with E-state index in [-0.39, 0.29) is 5.41 Å². The zero-order valence-electron chi connectivity index (χ0n) is 26.8. The van der Waals surface area contributed by atoms with E-state index in [0.29, 0.717) is 0 Å². The van der Waals surface area contributed by atoms with Crippen LogP contribution in [-0.4, -0.2) is 0 Å². The van der Waals surface area contributed by atoms with Crippen LogP contribution < -0.4 is 4.90 Å². The lowest BCUT2D eigenvalue weighted by Gasteiger charge is -2.27. The van der Waals surface area contributed by atoms with Crippen LogP contribution in [0, 0.1) is 0 Å². The van der Waals surface area contributed by atoms with Crippen molar-refractivity contribution < 1.29 is 0 Å². The summed E-state index contributed by atoms with van der Waals surface area (Å²) in [7, 11) is 0. The van der Waals surface area contributed by atoms with Gasteiger partial charge >= 0.3 is 0 Å². The molecule has 0 saturated heterocycles. The van der Waals surface area contributed by atoms with E-state index in [9.17, 15) is 0 Å². The third-order valence-corrected chi connectivity index (χ3v) is 10.7. The minimum Gasteiger partial charge on any atom is -0.310 e. The van der Waals surface area contributed by atoms with Crippen LogP contribution in [0.3, 0.4) is 0 Å². The molecule has 7 aromatic carbocycles.